The van der Waals surface area contributed by atoms with Crippen LogP contribution in [0.3, 0.4) is 0 Å². The van der Waals surface area contributed by atoms with Crippen molar-refractivity contribution in [1.29, 1.82) is 0 Å². The van der Waals surface area contributed by atoms with E-state index in [2.05, 4.69) is 30.3 Å². The number of unbranched alkanes of at least 4 members (excludes halogenated alkanes) is 30. The molecule has 0 radical (unpaired) electrons. The minimum atomic E-state index is -4.42. The van der Waals surface area contributed by atoms with E-state index in [0.29, 0.717) is 0 Å². The van der Waals surface area contributed by atoms with Crippen molar-refractivity contribution in [2.24, 2.45) is 0 Å². The van der Waals surface area contributed by atoms with Gasteiger partial charge in [-0.3, -0.25) is 4.18 Å². The van der Waals surface area contributed by atoms with E-state index >= 15 is 0 Å². The maximum atomic E-state index is 9.45. The lowest BCUT2D eigenvalue weighted by molar-refractivity contribution is -0.688. The monoisotopic (exact) mass is 690 g/mol. The van der Waals surface area contributed by atoms with Crippen molar-refractivity contribution in [1.82, 2.24) is 0 Å². The molecule has 0 aliphatic carbocycles. The predicted octanol–water partition coefficient (Wildman–Crippen LogP) is 12.7. The molecule has 0 amide bonds. The molecule has 2 N–H and O–H groups in total. The predicted molar refractivity (Wildman–Crippen MR) is 206 cm³/mol. The van der Waals surface area contributed by atoms with E-state index in [1.54, 1.807) is 0 Å². The Hall–Kier alpha value is -0.170. The SMILES string of the molecule is CCCCCCCCCCCCCCCCCCC(CCCCCCCCCCCCCCCCCC)[NH2+]CC.CCOS(=O)(=O)[O-]. The summed E-state index contributed by atoms with van der Waals surface area (Å²) in [6.45, 7) is 9.56. The molecular formula is C41H87NO4S. The fraction of sp³-hybridized carbons (Fsp3) is 1.00. The van der Waals surface area contributed by atoms with Crippen LogP contribution < -0.4 is 5.32 Å². The highest BCUT2D eigenvalue weighted by Gasteiger charge is 2.10. The molecule has 0 aromatic rings. The summed E-state index contributed by atoms with van der Waals surface area (Å²) >= 11 is 0. The maximum Gasteiger partial charge on any atom is 0.217 e. The Morgan fingerprint density at radius 1 is 0.426 bits per heavy atom. The van der Waals surface area contributed by atoms with Crippen molar-refractivity contribution in [3.63, 3.8) is 0 Å². The largest absolute Gasteiger partial charge is 0.726 e. The Kier molecular flexibility index (Phi) is 43.7. The number of hydrogen-bond acceptors (Lipinski definition) is 4. The summed E-state index contributed by atoms with van der Waals surface area (Å²) in [5.41, 5.74) is 0. The van der Waals surface area contributed by atoms with E-state index in [4.69, 9.17) is 0 Å². The molecule has 0 spiro atoms. The molecule has 5 nitrogen and oxygen atoms in total. The summed E-state index contributed by atoms with van der Waals surface area (Å²) in [5.74, 6) is 0. The lowest BCUT2D eigenvalue weighted by atomic mass is 9.99. The lowest BCUT2D eigenvalue weighted by Gasteiger charge is -2.14. The van der Waals surface area contributed by atoms with Crippen LogP contribution in [0.5, 0.6) is 0 Å². The van der Waals surface area contributed by atoms with Gasteiger partial charge in [-0.25, -0.2) is 8.42 Å². The summed E-state index contributed by atoms with van der Waals surface area (Å²) < 4.78 is 32.0. The quantitative estimate of drug-likeness (QED) is 0.0397. The zero-order chi connectivity index (χ0) is 34.9. The normalized spacial score (nSPS) is 11.7. The molecule has 0 atom stereocenters. The number of quaternary nitrogens is 1. The second kappa shape index (κ2) is 42.0. The van der Waals surface area contributed by atoms with E-state index < -0.39 is 10.4 Å². The standard InChI is InChI=1S/C39H81N.C2H6O4S/c1-4-7-9-11-13-15-17-19-21-23-25-27-29-31-33-35-37-39(40-6-3)38-36-34-32-30-28-26-24-22-20-18-16-14-12-10-8-5-2;1-2-6-7(3,4)5/h39-40H,4-38H2,1-3H3;2H2,1H3,(H,3,4,5). The van der Waals surface area contributed by atoms with Gasteiger partial charge in [0, 0.05) is 0 Å². The van der Waals surface area contributed by atoms with Crippen LogP contribution in [0.1, 0.15) is 246 Å². The summed E-state index contributed by atoms with van der Waals surface area (Å²) in [7, 11) is -4.42. The molecule has 0 rings (SSSR count). The van der Waals surface area contributed by atoms with Crippen molar-refractivity contribution >= 4 is 10.4 Å². The first-order chi connectivity index (χ1) is 22.9. The Morgan fingerprint density at radius 3 is 0.830 bits per heavy atom. The fourth-order valence-corrected chi connectivity index (χ4v) is 7.06. The van der Waals surface area contributed by atoms with Crippen LogP contribution in [0, 0.1) is 0 Å². The molecule has 0 saturated carbocycles. The minimum absolute atomic E-state index is 0.0914. The fourth-order valence-electron chi connectivity index (χ4n) is 6.77. The Bertz CT molecular complexity index is 622. The highest BCUT2D eigenvalue weighted by Crippen LogP contribution is 2.17. The van der Waals surface area contributed by atoms with E-state index in [0.717, 1.165) is 6.04 Å². The van der Waals surface area contributed by atoms with Gasteiger partial charge >= 0.3 is 0 Å². The van der Waals surface area contributed by atoms with Crippen molar-refractivity contribution in [3.8, 4) is 0 Å². The van der Waals surface area contributed by atoms with Gasteiger partial charge in [-0.1, -0.05) is 206 Å². The van der Waals surface area contributed by atoms with Gasteiger partial charge < -0.3 is 9.87 Å². The van der Waals surface area contributed by atoms with Crippen molar-refractivity contribution in [2.75, 3.05) is 13.2 Å². The number of nitrogens with two attached hydrogens (primary N) is 1. The second-order valence-electron chi connectivity index (χ2n) is 14.4. The number of rotatable bonds is 38. The van der Waals surface area contributed by atoms with Crippen LogP contribution >= 0.6 is 0 Å². The maximum absolute atomic E-state index is 9.45. The molecule has 0 bridgehead atoms. The van der Waals surface area contributed by atoms with Gasteiger partial charge in [0.15, 0.2) is 0 Å². The topological polar surface area (TPSA) is 83.0 Å². The molecule has 0 fully saturated rings. The minimum Gasteiger partial charge on any atom is -0.726 e. The van der Waals surface area contributed by atoms with Crippen molar-refractivity contribution in [3.05, 3.63) is 0 Å². The third-order valence-corrected chi connectivity index (χ3v) is 10.2. The summed E-state index contributed by atoms with van der Waals surface area (Å²) in [6, 6.07) is 0.906. The highest BCUT2D eigenvalue weighted by atomic mass is 32.3. The summed E-state index contributed by atoms with van der Waals surface area (Å²) in [6.07, 6.45) is 50.1. The Balaban J connectivity index is 0. The summed E-state index contributed by atoms with van der Waals surface area (Å²) in [4.78, 5) is 0. The van der Waals surface area contributed by atoms with Gasteiger partial charge in [0.1, 0.15) is 0 Å². The van der Waals surface area contributed by atoms with Gasteiger partial charge in [0.25, 0.3) is 0 Å². The van der Waals surface area contributed by atoms with Gasteiger partial charge in [0.05, 0.1) is 19.2 Å². The summed E-state index contributed by atoms with van der Waals surface area (Å²) in [5, 5.41) is 2.64. The van der Waals surface area contributed by atoms with Crippen LogP contribution in [0.25, 0.3) is 0 Å². The van der Waals surface area contributed by atoms with Crippen LogP contribution in [0.4, 0.5) is 0 Å². The molecule has 0 aliphatic rings. The molecule has 47 heavy (non-hydrogen) atoms. The molecule has 286 valence electrons. The lowest BCUT2D eigenvalue weighted by Crippen LogP contribution is -2.89. The van der Waals surface area contributed by atoms with E-state index in [1.165, 1.54) is 232 Å². The van der Waals surface area contributed by atoms with Gasteiger partial charge in [-0.05, 0) is 39.5 Å². The van der Waals surface area contributed by atoms with E-state index in [1.807, 2.05) is 0 Å². The first-order valence-corrected chi connectivity index (χ1v) is 22.7. The molecule has 0 saturated heterocycles. The Labute approximate surface area is 297 Å². The zero-order valence-corrected chi connectivity index (χ0v) is 33.5. The highest BCUT2D eigenvalue weighted by molar-refractivity contribution is 7.80. The smallest absolute Gasteiger partial charge is 0.217 e. The molecule has 0 unspecified atom stereocenters. The zero-order valence-electron chi connectivity index (χ0n) is 32.7. The van der Waals surface area contributed by atoms with Gasteiger partial charge in [0.2, 0.25) is 10.4 Å². The van der Waals surface area contributed by atoms with Crippen LogP contribution in [-0.4, -0.2) is 32.2 Å². The van der Waals surface area contributed by atoms with E-state index in [-0.39, 0.29) is 6.61 Å². The average molecular weight is 690 g/mol. The van der Waals surface area contributed by atoms with E-state index in [9.17, 15) is 13.0 Å². The molecule has 0 aromatic carbocycles. The van der Waals surface area contributed by atoms with Gasteiger partial charge in [-0.15, -0.1) is 0 Å². The second-order valence-corrected chi connectivity index (χ2v) is 15.5. The molecular weight excluding hydrogens is 603 g/mol. The third kappa shape index (κ3) is 48.0. The Morgan fingerprint density at radius 2 is 0.660 bits per heavy atom. The van der Waals surface area contributed by atoms with Crippen molar-refractivity contribution in [2.45, 2.75) is 252 Å². The average Bonchev–Trinajstić information content (AvgIpc) is 3.04. The number of hydrogen-bond donors (Lipinski definition) is 1. The third-order valence-electron chi connectivity index (χ3n) is 9.69. The van der Waals surface area contributed by atoms with Crippen LogP contribution in [0.15, 0.2) is 0 Å². The van der Waals surface area contributed by atoms with Gasteiger partial charge in [-0.2, -0.15) is 0 Å². The van der Waals surface area contributed by atoms with Crippen LogP contribution in [0.2, 0.25) is 0 Å². The molecule has 0 aromatic heterocycles. The molecule has 0 heterocycles. The first-order valence-electron chi connectivity index (χ1n) is 21.3. The van der Waals surface area contributed by atoms with Crippen LogP contribution in [-0.2, 0) is 14.6 Å². The van der Waals surface area contributed by atoms with Crippen molar-refractivity contribution < 1.29 is 22.5 Å². The molecule has 6 heteroatoms. The first kappa shape index (κ1) is 48.9. The molecule has 0 aliphatic heterocycles.